The Balaban J connectivity index is 1.94. The molecule has 0 saturated heterocycles. The van der Waals surface area contributed by atoms with Crippen molar-refractivity contribution in [1.82, 2.24) is 0 Å². The number of carbonyl (C=O) groups is 1. The number of carbonyl (C=O) groups excluding carboxylic acids is 1. The highest BCUT2D eigenvalue weighted by Gasteiger charge is 2.16. The van der Waals surface area contributed by atoms with Crippen molar-refractivity contribution in [1.29, 1.82) is 0 Å². The molecule has 4 heteroatoms. The minimum atomic E-state index is -0.715. The molecule has 0 aromatic heterocycles. The van der Waals surface area contributed by atoms with Crippen molar-refractivity contribution in [2.24, 2.45) is 0 Å². The Bertz CT molecular complexity index is 598. The van der Waals surface area contributed by atoms with Crippen LogP contribution in [0.1, 0.15) is 12.5 Å². The molecule has 0 saturated carbocycles. The first-order valence-corrected chi connectivity index (χ1v) is 6.79. The molecule has 2 aromatic carbocycles. The maximum absolute atomic E-state index is 11.8. The molecular weight excluding hydrogens is 266 g/mol. The smallest absolute Gasteiger partial charge is 0.410 e. The summed E-state index contributed by atoms with van der Waals surface area (Å²) in [5, 5.41) is 0. The lowest BCUT2D eigenvalue weighted by molar-refractivity contribution is 0.0661. The molecule has 2 rings (SSSR count). The molecular formula is C17H19NO3. The number of aryl methyl sites for hydroxylation is 1. The van der Waals surface area contributed by atoms with E-state index >= 15 is 0 Å². The maximum atomic E-state index is 11.8. The molecule has 0 spiro atoms. The van der Waals surface area contributed by atoms with Gasteiger partial charge in [-0.1, -0.05) is 30.3 Å². The van der Waals surface area contributed by atoms with E-state index in [9.17, 15) is 4.79 Å². The second-order valence-electron chi connectivity index (χ2n) is 4.83. The second-order valence-corrected chi connectivity index (χ2v) is 4.83. The van der Waals surface area contributed by atoms with Crippen molar-refractivity contribution in [3.8, 4) is 5.75 Å². The molecule has 0 amide bonds. The predicted octanol–water partition coefficient (Wildman–Crippen LogP) is 3.99. The lowest BCUT2D eigenvalue weighted by atomic mass is 10.2. The van der Waals surface area contributed by atoms with Crippen LogP contribution in [-0.2, 0) is 4.74 Å². The molecule has 0 radical (unpaired) electrons. The van der Waals surface area contributed by atoms with Crippen LogP contribution in [0.2, 0.25) is 0 Å². The quantitative estimate of drug-likeness (QED) is 0.483. The molecule has 0 fully saturated rings. The summed E-state index contributed by atoms with van der Waals surface area (Å²) < 4.78 is 10.4. The second kappa shape index (κ2) is 6.79. The van der Waals surface area contributed by atoms with Crippen LogP contribution in [0.5, 0.6) is 5.75 Å². The van der Waals surface area contributed by atoms with Crippen molar-refractivity contribution in [2.45, 2.75) is 20.1 Å². The molecule has 0 bridgehead atoms. The van der Waals surface area contributed by atoms with Gasteiger partial charge in [-0.15, -0.1) is 0 Å². The number of hydrogen-bond acceptors (Lipinski definition) is 4. The monoisotopic (exact) mass is 285 g/mol. The van der Waals surface area contributed by atoms with Gasteiger partial charge in [-0.2, -0.15) is 0 Å². The van der Waals surface area contributed by atoms with Crippen molar-refractivity contribution in [3.63, 3.8) is 0 Å². The number of para-hydroxylation sites is 1. The Morgan fingerprint density at radius 2 is 1.81 bits per heavy atom. The molecule has 110 valence electrons. The van der Waals surface area contributed by atoms with Crippen LogP contribution in [0.25, 0.3) is 0 Å². The Morgan fingerprint density at radius 3 is 2.48 bits per heavy atom. The van der Waals surface area contributed by atoms with E-state index in [-0.39, 0.29) is 0 Å². The summed E-state index contributed by atoms with van der Waals surface area (Å²) in [6.07, 6.45) is -1.14. The summed E-state index contributed by atoms with van der Waals surface area (Å²) in [6, 6.07) is 16.8. The normalized spacial score (nSPS) is 11.6. The van der Waals surface area contributed by atoms with Gasteiger partial charge in [0.2, 0.25) is 0 Å². The Labute approximate surface area is 124 Å². The third-order valence-electron chi connectivity index (χ3n) is 3.17. The number of rotatable bonds is 4. The van der Waals surface area contributed by atoms with Crippen LogP contribution in [-0.4, -0.2) is 19.4 Å². The summed E-state index contributed by atoms with van der Waals surface area (Å²) in [5.41, 5.74) is 2.13. The zero-order chi connectivity index (χ0) is 15.2. The van der Waals surface area contributed by atoms with Crippen LogP contribution in [0.3, 0.4) is 0 Å². The molecule has 0 aliphatic carbocycles. The number of benzene rings is 2. The van der Waals surface area contributed by atoms with Gasteiger partial charge in [0.25, 0.3) is 0 Å². The van der Waals surface area contributed by atoms with E-state index in [1.165, 1.54) is 0 Å². The molecule has 1 unspecified atom stereocenters. The van der Waals surface area contributed by atoms with Crippen LogP contribution >= 0.6 is 0 Å². The first-order chi connectivity index (χ1) is 10.1. The first kappa shape index (κ1) is 14.9. The van der Waals surface area contributed by atoms with Gasteiger partial charge < -0.3 is 14.4 Å². The Hall–Kier alpha value is -2.49. The van der Waals surface area contributed by atoms with Crippen molar-refractivity contribution in [3.05, 3.63) is 60.2 Å². The topological polar surface area (TPSA) is 38.8 Å². The van der Waals surface area contributed by atoms with Gasteiger partial charge >= 0.3 is 6.16 Å². The highest BCUT2D eigenvalue weighted by molar-refractivity contribution is 5.64. The average molecular weight is 285 g/mol. The third kappa shape index (κ3) is 4.24. The fourth-order valence-electron chi connectivity index (χ4n) is 1.88. The van der Waals surface area contributed by atoms with E-state index in [1.54, 1.807) is 31.2 Å². The predicted molar refractivity (Wildman–Crippen MR) is 82.6 cm³/mol. The van der Waals surface area contributed by atoms with Gasteiger partial charge in [0, 0.05) is 12.7 Å². The lowest BCUT2D eigenvalue weighted by Gasteiger charge is -2.26. The van der Waals surface area contributed by atoms with Gasteiger partial charge in [0.05, 0.1) is 0 Å². The van der Waals surface area contributed by atoms with E-state index in [0.717, 1.165) is 11.3 Å². The van der Waals surface area contributed by atoms with E-state index in [2.05, 4.69) is 0 Å². The summed E-state index contributed by atoms with van der Waals surface area (Å²) in [6.45, 7) is 3.82. The van der Waals surface area contributed by atoms with Crippen molar-refractivity contribution < 1.29 is 14.3 Å². The summed E-state index contributed by atoms with van der Waals surface area (Å²) in [5.74, 6) is 0.466. The zero-order valence-corrected chi connectivity index (χ0v) is 12.4. The van der Waals surface area contributed by atoms with E-state index in [0.29, 0.717) is 5.75 Å². The van der Waals surface area contributed by atoms with E-state index in [1.807, 2.05) is 49.2 Å². The number of hydrogen-bond donors (Lipinski definition) is 0. The Morgan fingerprint density at radius 1 is 1.10 bits per heavy atom. The molecule has 2 aromatic rings. The van der Waals surface area contributed by atoms with E-state index in [4.69, 9.17) is 9.47 Å². The summed E-state index contributed by atoms with van der Waals surface area (Å²) in [7, 11) is 1.87. The number of ether oxygens (including phenoxy) is 2. The zero-order valence-electron chi connectivity index (χ0n) is 12.4. The SMILES string of the molecule is Cc1cccc(N(C)C(C)OC(=O)Oc2ccccc2)c1. The van der Waals surface area contributed by atoms with E-state index < -0.39 is 12.4 Å². The minimum Gasteiger partial charge on any atom is -0.410 e. The largest absolute Gasteiger partial charge is 0.515 e. The fourth-order valence-corrected chi connectivity index (χ4v) is 1.88. The molecule has 0 N–H and O–H groups in total. The molecule has 0 aliphatic rings. The van der Waals surface area contributed by atoms with Crippen molar-refractivity contribution >= 4 is 11.8 Å². The lowest BCUT2D eigenvalue weighted by Crippen LogP contribution is -2.34. The third-order valence-corrected chi connectivity index (χ3v) is 3.17. The highest BCUT2D eigenvalue weighted by Crippen LogP contribution is 2.18. The molecule has 1 atom stereocenters. The van der Waals surface area contributed by atoms with Gasteiger partial charge in [0.15, 0.2) is 6.23 Å². The number of anilines is 1. The molecule has 4 nitrogen and oxygen atoms in total. The highest BCUT2D eigenvalue weighted by atomic mass is 16.7. The van der Waals surface area contributed by atoms with Gasteiger partial charge in [-0.05, 0) is 43.7 Å². The molecule has 21 heavy (non-hydrogen) atoms. The number of nitrogens with zero attached hydrogens (tertiary/aromatic N) is 1. The molecule has 0 heterocycles. The standard InChI is InChI=1S/C17H19NO3/c1-13-8-7-9-15(12-13)18(3)14(2)20-17(19)21-16-10-5-4-6-11-16/h4-12,14H,1-3H3. The van der Waals surface area contributed by atoms with Crippen LogP contribution in [0.4, 0.5) is 10.5 Å². The summed E-state index contributed by atoms with van der Waals surface area (Å²) >= 11 is 0. The van der Waals surface area contributed by atoms with Crippen LogP contribution in [0.15, 0.2) is 54.6 Å². The van der Waals surface area contributed by atoms with Gasteiger partial charge in [-0.25, -0.2) is 4.79 Å². The van der Waals surface area contributed by atoms with Crippen LogP contribution in [0, 0.1) is 6.92 Å². The Kier molecular flexibility index (Phi) is 4.82. The summed E-state index contributed by atoms with van der Waals surface area (Å²) in [4.78, 5) is 13.6. The van der Waals surface area contributed by atoms with Gasteiger partial charge in [0.1, 0.15) is 5.75 Å². The minimum absolute atomic E-state index is 0.428. The van der Waals surface area contributed by atoms with Crippen LogP contribution < -0.4 is 9.64 Å². The molecule has 0 aliphatic heterocycles. The van der Waals surface area contributed by atoms with Gasteiger partial charge in [-0.3, -0.25) is 0 Å². The first-order valence-electron chi connectivity index (χ1n) is 6.79. The maximum Gasteiger partial charge on any atom is 0.515 e. The average Bonchev–Trinajstić information content (AvgIpc) is 2.47. The fraction of sp³-hybridized carbons (Fsp3) is 0.235. The van der Waals surface area contributed by atoms with Crippen molar-refractivity contribution in [2.75, 3.05) is 11.9 Å².